The zero-order valence-electron chi connectivity index (χ0n) is 14.2. The molecule has 1 aromatic carbocycles. The Morgan fingerprint density at radius 1 is 1.25 bits per heavy atom. The van der Waals surface area contributed by atoms with Crippen molar-refractivity contribution < 1.29 is 4.39 Å². The van der Waals surface area contributed by atoms with Crippen molar-refractivity contribution >= 4 is 17.4 Å². The SMILES string of the molecule is CCCC(=NC)/C1=C/CCC=Cc2c1cnn2-c1ccc(F)cc1. The molecule has 1 aliphatic carbocycles. The molecular formula is C20H22FN3. The second-order valence-electron chi connectivity index (χ2n) is 5.85. The lowest BCUT2D eigenvalue weighted by molar-refractivity contribution is 0.627. The van der Waals surface area contributed by atoms with Crippen molar-refractivity contribution in [3.63, 3.8) is 0 Å². The first-order chi connectivity index (χ1) is 11.7. The minimum atomic E-state index is -0.242. The van der Waals surface area contributed by atoms with E-state index in [1.165, 1.54) is 17.7 Å². The van der Waals surface area contributed by atoms with Gasteiger partial charge in [0.05, 0.1) is 17.6 Å². The van der Waals surface area contributed by atoms with Gasteiger partial charge in [0.1, 0.15) is 5.82 Å². The summed E-state index contributed by atoms with van der Waals surface area (Å²) in [6.45, 7) is 2.16. The van der Waals surface area contributed by atoms with Gasteiger partial charge in [-0.1, -0.05) is 25.5 Å². The largest absolute Gasteiger partial charge is 0.292 e. The highest BCUT2D eigenvalue weighted by Gasteiger charge is 2.18. The molecule has 0 aliphatic heterocycles. The Balaban J connectivity index is 2.11. The zero-order chi connectivity index (χ0) is 16.9. The molecule has 3 rings (SSSR count). The minimum Gasteiger partial charge on any atom is -0.292 e. The molecule has 1 heterocycles. The molecule has 24 heavy (non-hydrogen) atoms. The lowest BCUT2D eigenvalue weighted by Gasteiger charge is -2.13. The number of fused-ring (bicyclic) bond motifs is 1. The van der Waals surface area contributed by atoms with Crippen LogP contribution in [0.2, 0.25) is 0 Å². The molecule has 0 bridgehead atoms. The van der Waals surface area contributed by atoms with Gasteiger partial charge in [-0.05, 0) is 49.6 Å². The standard InChI is InChI=1S/C20H22FN3/c1-3-7-19(22-2)17-8-5-4-6-9-20-18(17)14-23-24(20)16-12-10-15(21)11-13-16/h6,8-14H,3-5,7H2,1-2H3/b9-6?,17-8+,22-19?. The fraction of sp³-hybridized carbons (Fsp3) is 0.300. The highest BCUT2D eigenvalue weighted by molar-refractivity contribution is 6.24. The summed E-state index contributed by atoms with van der Waals surface area (Å²) in [7, 11) is 1.85. The number of hydrogen-bond donors (Lipinski definition) is 0. The van der Waals surface area contributed by atoms with Crippen molar-refractivity contribution in [2.75, 3.05) is 7.05 Å². The summed E-state index contributed by atoms with van der Waals surface area (Å²) in [4.78, 5) is 4.50. The summed E-state index contributed by atoms with van der Waals surface area (Å²) in [5.41, 5.74) is 5.25. The number of benzene rings is 1. The second kappa shape index (κ2) is 7.39. The topological polar surface area (TPSA) is 30.2 Å². The fourth-order valence-electron chi connectivity index (χ4n) is 3.02. The van der Waals surface area contributed by atoms with E-state index < -0.39 is 0 Å². The number of aliphatic imine (C=N–C) groups is 1. The van der Waals surface area contributed by atoms with Crippen molar-refractivity contribution in [3.8, 4) is 5.69 Å². The molecule has 0 saturated carbocycles. The van der Waals surface area contributed by atoms with Gasteiger partial charge in [0, 0.05) is 23.9 Å². The van der Waals surface area contributed by atoms with Gasteiger partial charge in [-0.3, -0.25) is 4.99 Å². The number of hydrogen-bond acceptors (Lipinski definition) is 2. The summed E-state index contributed by atoms with van der Waals surface area (Å²) in [6.07, 6.45) is 12.4. The van der Waals surface area contributed by atoms with Crippen molar-refractivity contribution in [1.82, 2.24) is 9.78 Å². The Bertz CT molecular complexity index is 795. The molecule has 0 fully saturated rings. The molecule has 1 aliphatic rings. The van der Waals surface area contributed by atoms with E-state index in [0.717, 1.165) is 48.3 Å². The summed E-state index contributed by atoms with van der Waals surface area (Å²) in [5.74, 6) is -0.242. The second-order valence-corrected chi connectivity index (χ2v) is 5.85. The maximum atomic E-state index is 13.2. The quantitative estimate of drug-likeness (QED) is 0.722. The van der Waals surface area contributed by atoms with Gasteiger partial charge in [0.15, 0.2) is 0 Å². The summed E-state index contributed by atoms with van der Waals surface area (Å²) >= 11 is 0. The third kappa shape index (κ3) is 3.23. The summed E-state index contributed by atoms with van der Waals surface area (Å²) < 4.78 is 15.1. The van der Waals surface area contributed by atoms with Gasteiger partial charge in [-0.15, -0.1) is 0 Å². The van der Waals surface area contributed by atoms with Crippen LogP contribution in [0, 0.1) is 5.82 Å². The third-order valence-corrected chi connectivity index (χ3v) is 4.19. The Hall–Kier alpha value is -2.49. The molecule has 0 N–H and O–H groups in total. The van der Waals surface area contributed by atoms with Crippen LogP contribution in [0.3, 0.4) is 0 Å². The summed E-state index contributed by atoms with van der Waals surface area (Å²) in [6, 6.07) is 6.42. The molecule has 0 radical (unpaired) electrons. The highest BCUT2D eigenvalue weighted by Crippen LogP contribution is 2.28. The first kappa shape index (κ1) is 16.4. The monoisotopic (exact) mass is 323 g/mol. The Labute approximate surface area is 142 Å². The smallest absolute Gasteiger partial charge is 0.123 e. The molecule has 0 amide bonds. The van der Waals surface area contributed by atoms with E-state index in [9.17, 15) is 4.39 Å². The van der Waals surface area contributed by atoms with Gasteiger partial charge in [-0.2, -0.15) is 5.10 Å². The van der Waals surface area contributed by atoms with E-state index in [4.69, 9.17) is 0 Å². The van der Waals surface area contributed by atoms with Crippen LogP contribution in [0.1, 0.15) is 43.9 Å². The lowest BCUT2D eigenvalue weighted by atomic mass is 9.95. The van der Waals surface area contributed by atoms with Gasteiger partial charge in [-0.25, -0.2) is 9.07 Å². The van der Waals surface area contributed by atoms with Crippen molar-refractivity contribution in [1.29, 1.82) is 0 Å². The van der Waals surface area contributed by atoms with Crippen molar-refractivity contribution in [2.45, 2.75) is 32.6 Å². The summed E-state index contributed by atoms with van der Waals surface area (Å²) in [5, 5.41) is 4.56. The van der Waals surface area contributed by atoms with Crippen molar-refractivity contribution in [3.05, 3.63) is 59.7 Å². The van der Waals surface area contributed by atoms with E-state index in [0.29, 0.717) is 0 Å². The van der Waals surface area contributed by atoms with Gasteiger partial charge < -0.3 is 0 Å². The first-order valence-corrected chi connectivity index (χ1v) is 8.41. The fourth-order valence-corrected chi connectivity index (χ4v) is 3.02. The molecule has 0 saturated heterocycles. The molecule has 0 atom stereocenters. The van der Waals surface area contributed by atoms with Crippen LogP contribution in [-0.4, -0.2) is 22.5 Å². The molecule has 124 valence electrons. The molecule has 2 aromatic rings. The Kier molecular flexibility index (Phi) is 5.04. The van der Waals surface area contributed by atoms with Crippen LogP contribution in [0.25, 0.3) is 17.3 Å². The van der Waals surface area contributed by atoms with Crippen LogP contribution in [0.4, 0.5) is 4.39 Å². The zero-order valence-corrected chi connectivity index (χ0v) is 14.2. The predicted octanol–water partition coefficient (Wildman–Crippen LogP) is 5.07. The van der Waals surface area contributed by atoms with Crippen molar-refractivity contribution in [2.24, 2.45) is 4.99 Å². The average molecular weight is 323 g/mol. The molecule has 3 nitrogen and oxygen atoms in total. The number of halogens is 1. The number of nitrogens with zero attached hydrogens (tertiary/aromatic N) is 3. The normalized spacial score (nSPS) is 17.0. The molecule has 0 unspecified atom stereocenters. The van der Waals surface area contributed by atoms with E-state index in [-0.39, 0.29) is 5.82 Å². The molecule has 0 spiro atoms. The number of rotatable bonds is 4. The van der Waals surface area contributed by atoms with Crippen LogP contribution >= 0.6 is 0 Å². The molecular weight excluding hydrogens is 301 g/mol. The van der Waals surface area contributed by atoms with E-state index in [1.807, 2.05) is 17.9 Å². The van der Waals surface area contributed by atoms with E-state index in [2.05, 4.69) is 35.2 Å². The molecule has 4 heteroatoms. The Morgan fingerprint density at radius 3 is 2.75 bits per heavy atom. The lowest BCUT2D eigenvalue weighted by Crippen LogP contribution is -2.06. The van der Waals surface area contributed by atoms with Gasteiger partial charge >= 0.3 is 0 Å². The van der Waals surface area contributed by atoms with E-state index in [1.54, 1.807) is 12.1 Å². The first-order valence-electron chi connectivity index (χ1n) is 8.41. The third-order valence-electron chi connectivity index (χ3n) is 4.19. The van der Waals surface area contributed by atoms with Crippen LogP contribution in [0.5, 0.6) is 0 Å². The van der Waals surface area contributed by atoms with Crippen LogP contribution < -0.4 is 0 Å². The number of aromatic nitrogens is 2. The van der Waals surface area contributed by atoms with Gasteiger partial charge in [0.25, 0.3) is 0 Å². The predicted molar refractivity (Wildman–Crippen MR) is 98.0 cm³/mol. The highest BCUT2D eigenvalue weighted by atomic mass is 19.1. The maximum absolute atomic E-state index is 13.2. The number of allylic oxidation sites excluding steroid dienone is 3. The minimum absolute atomic E-state index is 0.242. The maximum Gasteiger partial charge on any atom is 0.123 e. The van der Waals surface area contributed by atoms with Gasteiger partial charge in [0.2, 0.25) is 0 Å². The van der Waals surface area contributed by atoms with Crippen LogP contribution in [0.15, 0.2) is 47.6 Å². The average Bonchev–Trinajstić information content (AvgIpc) is 2.97. The van der Waals surface area contributed by atoms with E-state index >= 15 is 0 Å². The molecule has 1 aromatic heterocycles. The van der Waals surface area contributed by atoms with Crippen LogP contribution in [-0.2, 0) is 0 Å². The Morgan fingerprint density at radius 2 is 2.04 bits per heavy atom.